The van der Waals surface area contributed by atoms with Crippen LogP contribution in [0.5, 0.6) is 0 Å². The van der Waals surface area contributed by atoms with Crippen molar-refractivity contribution in [2.75, 3.05) is 33.4 Å². The SMILES string of the molecule is CCN(CCO)C(=O)C1(CCOC)CCC1. The van der Waals surface area contributed by atoms with Crippen LogP contribution in [0.2, 0.25) is 0 Å². The molecule has 0 aliphatic heterocycles. The van der Waals surface area contributed by atoms with E-state index in [1.165, 1.54) is 0 Å². The molecule has 0 unspecified atom stereocenters. The minimum absolute atomic E-state index is 0.0416. The van der Waals surface area contributed by atoms with Crippen LogP contribution >= 0.6 is 0 Å². The topological polar surface area (TPSA) is 49.8 Å². The molecular formula is C12H23NO3. The molecule has 16 heavy (non-hydrogen) atoms. The summed E-state index contributed by atoms with van der Waals surface area (Å²) >= 11 is 0. The molecule has 1 amide bonds. The van der Waals surface area contributed by atoms with Crippen LogP contribution in [-0.2, 0) is 9.53 Å². The Kier molecular flexibility index (Phi) is 5.22. The largest absolute Gasteiger partial charge is 0.395 e. The van der Waals surface area contributed by atoms with E-state index >= 15 is 0 Å². The van der Waals surface area contributed by atoms with E-state index < -0.39 is 0 Å². The van der Waals surface area contributed by atoms with Crippen LogP contribution in [0.15, 0.2) is 0 Å². The highest BCUT2D eigenvalue weighted by Gasteiger charge is 2.45. The maximum atomic E-state index is 12.3. The Hall–Kier alpha value is -0.610. The molecule has 0 spiro atoms. The number of likely N-dealkylation sites (N-methyl/N-ethyl adjacent to an activating group) is 1. The molecule has 4 heteroatoms. The molecule has 0 aromatic rings. The van der Waals surface area contributed by atoms with Gasteiger partial charge in [-0.3, -0.25) is 4.79 Å². The van der Waals surface area contributed by atoms with E-state index in [0.29, 0.717) is 19.7 Å². The zero-order chi connectivity index (χ0) is 12.0. The van der Waals surface area contributed by atoms with E-state index in [1.807, 2.05) is 6.92 Å². The van der Waals surface area contributed by atoms with E-state index in [1.54, 1.807) is 12.0 Å². The average Bonchev–Trinajstić information content (AvgIpc) is 2.24. The molecule has 0 bridgehead atoms. The second-order valence-electron chi connectivity index (χ2n) is 4.49. The van der Waals surface area contributed by atoms with Gasteiger partial charge in [-0.1, -0.05) is 6.42 Å². The van der Waals surface area contributed by atoms with Crippen molar-refractivity contribution in [2.45, 2.75) is 32.6 Å². The van der Waals surface area contributed by atoms with Gasteiger partial charge in [0, 0.05) is 26.8 Å². The van der Waals surface area contributed by atoms with Crippen molar-refractivity contribution in [3.05, 3.63) is 0 Å². The third kappa shape index (κ3) is 2.74. The van der Waals surface area contributed by atoms with Crippen LogP contribution in [0.25, 0.3) is 0 Å². The summed E-state index contributed by atoms with van der Waals surface area (Å²) in [5.41, 5.74) is -0.193. The first-order chi connectivity index (χ1) is 7.70. The second kappa shape index (κ2) is 6.21. The number of nitrogens with zero attached hydrogens (tertiary/aromatic N) is 1. The fraction of sp³-hybridized carbons (Fsp3) is 0.917. The molecular weight excluding hydrogens is 206 g/mol. The number of carbonyl (C=O) groups is 1. The maximum absolute atomic E-state index is 12.3. The van der Waals surface area contributed by atoms with Crippen molar-refractivity contribution in [1.29, 1.82) is 0 Å². The number of amides is 1. The number of methoxy groups -OCH3 is 1. The normalized spacial score (nSPS) is 17.9. The summed E-state index contributed by atoms with van der Waals surface area (Å²) in [4.78, 5) is 14.1. The maximum Gasteiger partial charge on any atom is 0.228 e. The zero-order valence-electron chi connectivity index (χ0n) is 10.4. The van der Waals surface area contributed by atoms with Gasteiger partial charge < -0.3 is 14.7 Å². The van der Waals surface area contributed by atoms with Crippen LogP contribution in [0, 0.1) is 5.41 Å². The predicted molar refractivity (Wildman–Crippen MR) is 62.1 cm³/mol. The predicted octanol–water partition coefficient (Wildman–Crippen LogP) is 1.03. The number of rotatable bonds is 7. The minimum atomic E-state index is -0.193. The van der Waals surface area contributed by atoms with Crippen molar-refractivity contribution >= 4 is 5.91 Å². The lowest BCUT2D eigenvalue weighted by atomic mass is 9.66. The summed E-state index contributed by atoms with van der Waals surface area (Å²) in [5, 5.41) is 8.93. The van der Waals surface area contributed by atoms with Crippen LogP contribution in [0.4, 0.5) is 0 Å². The lowest BCUT2D eigenvalue weighted by molar-refractivity contribution is -0.149. The zero-order valence-corrected chi connectivity index (χ0v) is 10.4. The molecule has 1 aliphatic carbocycles. The lowest BCUT2D eigenvalue weighted by Gasteiger charge is -2.43. The Morgan fingerprint density at radius 3 is 2.56 bits per heavy atom. The van der Waals surface area contributed by atoms with Crippen molar-refractivity contribution in [1.82, 2.24) is 4.90 Å². The molecule has 1 aliphatic rings. The van der Waals surface area contributed by atoms with Crippen molar-refractivity contribution in [2.24, 2.45) is 5.41 Å². The standard InChI is InChI=1S/C12H23NO3/c1-3-13(8-9-14)11(15)12(5-4-6-12)7-10-16-2/h14H,3-10H2,1-2H3. The Bertz CT molecular complexity index is 226. The molecule has 0 radical (unpaired) electrons. The summed E-state index contributed by atoms with van der Waals surface area (Å²) in [5.74, 6) is 0.201. The fourth-order valence-corrected chi connectivity index (χ4v) is 2.33. The number of hydrogen-bond donors (Lipinski definition) is 1. The quantitative estimate of drug-likeness (QED) is 0.709. The molecule has 0 heterocycles. The van der Waals surface area contributed by atoms with Gasteiger partial charge in [-0.2, -0.15) is 0 Å². The Balaban J connectivity index is 2.59. The smallest absolute Gasteiger partial charge is 0.228 e. The lowest BCUT2D eigenvalue weighted by Crippen LogP contribution is -2.49. The molecule has 0 atom stereocenters. The van der Waals surface area contributed by atoms with E-state index in [2.05, 4.69) is 0 Å². The minimum Gasteiger partial charge on any atom is -0.395 e. The van der Waals surface area contributed by atoms with Gasteiger partial charge >= 0.3 is 0 Å². The van der Waals surface area contributed by atoms with Gasteiger partial charge in [0.15, 0.2) is 0 Å². The van der Waals surface area contributed by atoms with E-state index in [0.717, 1.165) is 25.7 Å². The molecule has 94 valence electrons. The summed E-state index contributed by atoms with van der Waals surface area (Å²) in [6.07, 6.45) is 3.88. The van der Waals surface area contributed by atoms with E-state index in [-0.39, 0.29) is 17.9 Å². The molecule has 4 nitrogen and oxygen atoms in total. The van der Waals surface area contributed by atoms with Gasteiger partial charge in [0.05, 0.1) is 12.0 Å². The number of ether oxygens (including phenoxy) is 1. The summed E-state index contributed by atoms with van der Waals surface area (Å²) in [7, 11) is 1.67. The molecule has 1 N–H and O–H groups in total. The van der Waals surface area contributed by atoms with Crippen molar-refractivity contribution in [3.8, 4) is 0 Å². The van der Waals surface area contributed by atoms with Gasteiger partial charge in [-0.15, -0.1) is 0 Å². The van der Waals surface area contributed by atoms with Crippen LogP contribution in [0.3, 0.4) is 0 Å². The van der Waals surface area contributed by atoms with Crippen LogP contribution in [-0.4, -0.2) is 49.3 Å². The summed E-state index contributed by atoms with van der Waals surface area (Å²) in [6, 6.07) is 0. The monoisotopic (exact) mass is 229 g/mol. The molecule has 0 aromatic carbocycles. The van der Waals surface area contributed by atoms with Gasteiger partial charge in [0.25, 0.3) is 0 Å². The Morgan fingerprint density at radius 1 is 1.50 bits per heavy atom. The molecule has 0 aromatic heterocycles. The number of aliphatic hydroxyl groups is 1. The van der Waals surface area contributed by atoms with Gasteiger partial charge in [-0.05, 0) is 26.2 Å². The fourth-order valence-electron chi connectivity index (χ4n) is 2.33. The first-order valence-electron chi connectivity index (χ1n) is 6.09. The number of carbonyl (C=O) groups excluding carboxylic acids is 1. The average molecular weight is 229 g/mol. The first-order valence-corrected chi connectivity index (χ1v) is 6.09. The van der Waals surface area contributed by atoms with Gasteiger partial charge in [-0.25, -0.2) is 0 Å². The van der Waals surface area contributed by atoms with Crippen LogP contribution in [0.1, 0.15) is 32.6 Å². The molecule has 1 fully saturated rings. The highest BCUT2D eigenvalue weighted by molar-refractivity contribution is 5.83. The van der Waals surface area contributed by atoms with Crippen molar-refractivity contribution < 1.29 is 14.6 Å². The molecule has 1 rings (SSSR count). The summed E-state index contributed by atoms with van der Waals surface area (Å²) < 4.78 is 5.08. The Morgan fingerprint density at radius 2 is 2.19 bits per heavy atom. The highest BCUT2D eigenvalue weighted by Crippen LogP contribution is 2.45. The Labute approximate surface area is 97.6 Å². The van der Waals surface area contributed by atoms with Gasteiger partial charge in [0.2, 0.25) is 5.91 Å². The molecule has 0 saturated heterocycles. The number of hydrogen-bond acceptors (Lipinski definition) is 3. The van der Waals surface area contributed by atoms with Gasteiger partial charge in [0.1, 0.15) is 0 Å². The van der Waals surface area contributed by atoms with Crippen molar-refractivity contribution in [3.63, 3.8) is 0 Å². The number of aliphatic hydroxyl groups excluding tert-OH is 1. The highest BCUT2D eigenvalue weighted by atomic mass is 16.5. The first kappa shape index (κ1) is 13.5. The van der Waals surface area contributed by atoms with Crippen LogP contribution < -0.4 is 0 Å². The van der Waals surface area contributed by atoms with E-state index in [4.69, 9.17) is 9.84 Å². The third-order valence-electron chi connectivity index (χ3n) is 3.59. The van der Waals surface area contributed by atoms with E-state index in [9.17, 15) is 4.79 Å². The molecule has 1 saturated carbocycles. The summed E-state index contributed by atoms with van der Waals surface area (Å²) in [6.45, 7) is 3.76. The third-order valence-corrected chi connectivity index (χ3v) is 3.59. The second-order valence-corrected chi connectivity index (χ2v) is 4.49.